The van der Waals surface area contributed by atoms with Crippen molar-refractivity contribution >= 4 is 116 Å². The molecule has 2 aliphatic rings. The number of likely N-dealkylation sites (N-methyl/N-ethyl adjacent to an activating group) is 1. The second-order valence-electron chi connectivity index (χ2n) is 24.9. The number of aromatic amines is 1. The van der Waals surface area contributed by atoms with E-state index in [0.717, 1.165) is 21.4 Å². The highest BCUT2D eigenvalue weighted by Gasteiger charge is 2.37. The second-order valence-corrected chi connectivity index (χ2v) is 25.2. The number of aromatic hydroxyl groups is 1. The predicted molar refractivity (Wildman–Crippen MR) is 381 cm³/mol. The topological polar surface area (TPSA) is 437 Å². The molecule has 4 atom stereocenters. The molecule has 6 aromatic rings. The summed E-state index contributed by atoms with van der Waals surface area (Å²) < 4.78 is 33.5. The van der Waals surface area contributed by atoms with E-state index in [1.165, 1.54) is 59.5 Å². The van der Waals surface area contributed by atoms with Gasteiger partial charge in [-0.05, 0) is 116 Å². The smallest absolute Gasteiger partial charge is 0.415 e. The first-order valence-electron chi connectivity index (χ1n) is 33.7. The van der Waals surface area contributed by atoms with Crippen molar-refractivity contribution in [3.05, 3.63) is 131 Å². The monoisotopic (exact) mass is 1460 g/mol. The van der Waals surface area contributed by atoms with Gasteiger partial charge in [-0.25, -0.2) is 24.2 Å². The molecule has 0 radical (unpaired) electrons. The SMILES string of the molecule is Cc1cccc2c(OC(=O)N(CCCC[C@H](N)C(=O)O)CCN(C)C(=O)OCc3ccc(NC(=O)[C@H](CCCNC(N)=O)NC(=O)[C@@H](NC(=O)OCCOCCOCCOCCN4C(=O)C=CC4=O)C(C)C)cc3)cc3c(c12)[C@H](CCl)CN3C(=O)c1cc2cc(NC(=O)c3ccc(O)cc3)ncc2[nH]1. The van der Waals surface area contributed by atoms with Crippen LogP contribution in [0.3, 0.4) is 0 Å². The van der Waals surface area contributed by atoms with Crippen LogP contribution in [0.2, 0.25) is 0 Å². The summed E-state index contributed by atoms with van der Waals surface area (Å²) in [5.41, 5.74) is 15.0. The van der Waals surface area contributed by atoms with E-state index in [0.29, 0.717) is 51.6 Å². The molecular weight excluding hydrogens is 1370 g/mol. The maximum Gasteiger partial charge on any atom is 0.415 e. The number of urea groups is 1. The number of hydrogen-bond donors (Lipinski definition) is 10. The number of halogens is 1. The van der Waals surface area contributed by atoms with Crippen molar-refractivity contribution in [2.75, 3.05) is 114 Å². The number of nitrogens with one attached hydrogen (secondary N) is 6. The Kier molecular flexibility index (Phi) is 29.1. The predicted octanol–water partition coefficient (Wildman–Crippen LogP) is 6.21. The normalized spacial score (nSPS) is 14.0. The number of unbranched alkanes of at least 4 members (excludes halogenated alkanes) is 1. The van der Waals surface area contributed by atoms with Gasteiger partial charge in [0.05, 0.1) is 63.6 Å². The highest BCUT2D eigenvalue weighted by Crippen LogP contribution is 2.47. The number of fused-ring (bicyclic) bond motifs is 4. The van der Waals surface area contributed by atoms with Gasteiger partial charge >= 0.3 is 30.3 Å². The van der Waals surface area contributed by atoms with Crippen molar-refractivity contribution in [2.45, 2.75) is 83.5 Å². The zero-order valence-corrected chi connectivity index (χ0v) is 58.7. The molecular formula is C71H86ClN13O19. The molecule has 8 rings (SSSR count). The number of primary amides is 1. The molecule has 32 nitrogen and oxygen atoms in total. The maximum absolute atomic E-state index is 14.7. The van der Waals surface area contributed by atoms with Crippen LogP contribution in [-0.2, 0) is 54.3 Å². The molecule has 0 fully saturated rings. The number of nitrogens with zero attached hydrogens (tertiary/aromatic N) is 5. The van der Waals surface area contributed by atoms with Gasteiger partial charge < -0.3 is 96.4 Å². The number of carboxylic acid groups (broad SMARTS) is 1. The minimum atomic E-state index is -1.17. The number of carbonyl (C=O) groups is 11. The van der Waals surface area contributed by atoms with E-state index in [-0.39, 0.29) is 158 Å². The van der Waals surface area contributed by atoms with Gasteiger partial charge in [0.25, 0.3) is 23.6 Å². The molecule has 4 heterocycles. The minimum Gasteiger partial charge on any atom is -0.508 e. The van der Waals surface area contributed by atoms with Gasteiger partial charge in [-0.1, -0.05) is 44.2 Å². The van der Waals surface area contributed by atoms with Gasteiger partial charge in [0, 0.05) is 91.8 Å². The van der Waals surface area contributed by atoms with Crippen molar-refractivity contribution in [1.29, 1.82) is 0 Å². The van der Waals surface area contributed by atoms with Crippen molar-refractivity contribution < 1.29 is 91.4 Å². The third-order valence-corrected chi connectivity index (χ3v) is 17.3. The average Bonchev–Trinajstić information content (AvgIpc) is 1.55. The number of phenols is 1. The molecule has 0 unspecified atom stereocenters. The summed E-state index contributed by atoms with van der Waals surface area (Å²) in [5, 5.41) is 34.2. The summed E-state index contributed by atoms with van der Waals surface area (Å²) in [4.78, 5) is 155. The largest absolute Gasteiger partial charge is 0.508 e. The number of H-pyrrole nitrogens is 1. The molecule has 556 valence electrons. The third-order valence-electron chi connectivity index (χ3n) is 16.9. The van der Waals surface area contributed by atoms with Crippen molar-refractivity contribution in [3.8, 4) is 11.5 Å². The summed E-state index contributed by atoms with van der Waals surface area (Å²) in [6, 6.07) is 18.2. The van der Waals surface area contributed by atoms with E-state index in [9.17, 15) is 63.0 Å². The number of aliphatic carboxylic acids is 1. The summed E-state index contributed by atoms with van der Waals surface area (Å²) >= 11 is 6.67. The van der Waals surface area contributed by atoms with Crippen LogP contribution in [0, 0.1) is 12.8 Å². The minimum absolute atomic E-state index is 0.00541. The van der Waals surface area contributed by atoms with E-state index >= 15 is 0 Å². The summed E-state index contributed by atoms with van der Waals surface area (Å²) in [6.07, 6.45) is 2.43. The number of imide groups is 1. The molecule has 2 aromatic heterocycles. The lowest BCUT2D eigenvalue weighted by molar-refractivity contribution is -0.139. The lowest BCUT2D eigenvalue weighted by atomic mass is 9.92. The second kappa shape index (κ2) is 38.4. The average molecular weight is 1460 g/mol. The Hall–Kier alpha value is -10.9. The fourth-order valence-corrected chi connectivity index (χ4v) is 11.6. The number of rotatable bonds is 38. The summed E-state index contributed by atoms with van der Waals surface area (Å²) in [7, 11) is 1.48. The first-order valence-corrected chi connectivity index (χ1v) is 34.2. The Bertz CT molecular complexity index is 4080. The number of nitrogens with two attached hydrogens (primary N) is 2. The molecule has 0 aliphatic carbocycles. The van der Waals surface area contributed by atoms with E-state index in [4.69, 9.17) is 51.5 Å². The summed E-state index contributed by atoms with van der Waals surface area (Å²) in [5.74, 6) is -4.45. The molecule has 0 spiro atoms. The van der Waals surface area contributed by atoms with E-state index in [1.807, 2.05) is 19.1 Å². The van der Waals surface area contributed by atoms with Crippen LogP contribution in [0.5, 0.6) is 11.5 Å². The first kappa shape index (κ1) is 78.8. The molecule has 0 saturated heterocycles. The third kappa shape index (κ3) is 22.3. The van der Waals surface area contributed by atoms with Gasteiger partial charge in [0.1, 0.15) is 54.4 Å². The van der Waals surface area contributed by atoms with Gasteiger partial charge in [-0.2, -0.15) is 0 Å². The Labute approximate surface area is 603 Å². The number of alkyl halides is 1. The first-order chi connectivity index (χ1) is 49.9. The standard InChI is InChI=1S/C71H86ClN13O19/c1-42(2)62(81-69(96)102-34-33-101-32-31-100-30-29-99-28-27-84-58(87)21-22-59(84)88)65(91)79-52(12-8-23-75-68(74)95)64(90)77-48-17-13-44(14-18-48)41-103-70(97)82(4)25-26-83(24-6-5-11-51(73)67(93)94)71(98)104-56-37-55-61(60-43(3)9-7-10-50(56)60)47(38-72)40-85(55)66(92)53-35-46-36-57(76-39-54(46)78-53)80-63(89)45-15-19-49(86)20-16-45/h7,9-10,13-22,35-37,39,42,47,51-52,62,78,86H,5-6,8,11-12,23-34,38,40-41,73H2,1-4H3,(H,77,90)(H,79,91)(H,81,96)(H,93,94)(H3,74,75,95)(H,76,80,89)/t47-,51+,52+,62+/m1/s1. The number of hydrogen-bond acceptors (Lipinski definition) is 20. The number of pyridine rings is 1. The van der Waals surface area contributed by atoms with Gasteiger partial charge in [-0.15, -0.1) is 11.6 Å². The number of aryl methyl sites for hydroxylation is 1. The number of aromatic nitrogens is 2. The Morgan fingerprint density at radius 2 is 1.47 bits per heavy atom. The quantitative estimate of drug-likeness (QED) is 0.0117. The van der Waals surface area contributed by atoms with Gasteiger partial charge in [0.2, 0.25) is 11.8 Å². The lowest BCUT2D eigenvalue weighted by Gasteiger charge is -2.26. The molecule has 2 aliphatic heterocycles. The Balaban J connectivity index is 0.844. The van der Waals surface area contributed by atoms with Crippen LogP contribution in [-0.4, -0.2) is 217 Å². The van der Waals surface area contributed by atoms with Gasteiger partial charge in [0.15, 0.2) is 0 Å². The fraction of sp³-hybridized carbons (Fsp3) is 0.408. The van der Waals surface area contributed by atoms with Crippen molar-refractivity contribution in [2.24, 2.45) is 17.4 Å². The van der Waals surface area contributed by atoms with E-state index in [1.54, 1.807) is 67.3 Å². The highest BCUT2D eigenvalue weighted by atomic mass is 35.5. The van der Waals surface area contributed by atoms with Crippen LogP contribution < -0.4 is 47.7 Å². The van der Waals surface area contributed by atoms with E-state index in [2.05, 4.69) is 36.6 Å². The van der Waals surface area contributed by atoms with Crippen LogP contribution >= 0.6 is 11.6 Å². The number of benzene rings is 4. The number of alkyl carbamates (subject to hydrolysis) is 1. The number of carbonyl (C=O) groups excluding carboxylic acids is 10. The van der Waals surface area contributed by atoms with E-state index < -0.39 is 78.0 Å². The maximum atomic E-state index is 14.7. The molecule has 4 aromatic carbocycles. The Morgan fingerprint density at radius 1 is 0.779 bits per heavy atom. The number of phenolic OH excluding ortho intramolecular Hbond substituents is 1. The zero-order chi connectivity index (χ0) is 75.0. The van der Waals surface area contributed by atoms with Crippen LogP contribution in [0.4, 0.5) is 36.4 Å². The Morgan fingerprint density at radius 3 is 2.14 bits per heavy atom. The molecule has 12 N–H and O–H groups in total. The fourth-order valence-electron chi connectivity index (χ4n) is 11.3. The molecule has 104 heavy (non-hydrogen) atoms. The van der Waals surface area contributed by atoms with Crippen LogP contribution in [0.15, 0.2) is 103 Å². The van der Waals surface area contributed by atoms with Gasteiger partial charge in [-0.3, -0.25) is 38.5 Å². The van der Waals surface area contributed by atoms with Crippen molar-refractivity contribution in [1.82, 2.24) is 40.6 Å². The van der Waals surface area contributed by atoms with Crippen LogP contribution in [0.25, 0.3) is 21.7 Å². The molecule has 33 heteroatoms. The zero-order valence-electron chi connectivity index (χ0n) is 57.9. The van der Waals surface area contributed by atoms with Crippen molar-refractivity contribution in [3.63, 3.8) is 0 Å². The number of amides is 11. The molecule has 11 amide bonds. The summed E-state index contributed by atoms with van der Waals surface area (Å²) in [6.45, 7) is 6.26. The molecule has 0 bridgehead atoms. The lowest BCUT2D eigenvalue weighted by Crippen LogP contribution is -2.54. The highest BCUT2D eigenvalue weighted by molar-refractivity contribution is 6.20. The number of ether oxygens (including phenoxy) is 6. The number of carboxylic acids is 1. The van der Waals surface area contributed by atoms with Crippen LogP contribution in [0.1, 0.15) is 89.4 Å². The number of anilines is 3. The molecule has 0 saturated carbocycles.